The van der Waals surface area contributed by atoms with E-state index in [-0.39, 0.29) is 17.8 Å². The van der Waals surface area contributed by atoms with Crippen molar-refractivity contribution >= 4 is 16.8 Å². The number of benzene rings is 2. The lowest BCUT2D eigenvalue weighted by Crippen LogP contribution is -2.40. The maximum atomic E-state index is 14.0. The van der Waals surface area contributed by atoms with E-state index in [1.54, 1.807) is 6.07 Å². The average molecular weight is 477 g/mol. The molecule has 6 heteroatoms. The fourth-order valence-corrected chi connectivity index (χ4v) is 4.77. The molecule has 5 rings (SSSR count). The molecule has 2 aliphatic rings. The van der Waals surface area contributed by atoms with E-state index in [2.05, 4.69) is 0 Å². The second-order valence-electron chi connectivity index (χ2n) is 9.82. The van der Waals surface area contributed by atoms with E-state index in [0.717, 1.165) is 55.1 Å². The van der Waals surface area contributed by atoms with Crippen molar-refractivity contribution in [3.8, 4) is 5.75 Å². The van der Waals surface area contributed by atoms with Crippen LogP contribution in [-0.4, -0.2) is 35.0 Å². The number of piperidine rings is 1. The summed E-state index contributed by atoms with van der Waals surface area (Å²) in [7, 11) is 0. The van der Waals surface area contributed by atoms with Crippen LogP contribution in [0.2, 0.25) is 0 Å². The van der Waals surface area contributed by atoms with Gasteiger partial charge in [-0.1, -0.05) is 43.2 Å². The van der Waals surface area contributed by atoms with Gasteiger partial charge in [-0.15, -0.1) is 0 Å². The fourth-order valence-electron chi connectivity index (χ4n) is 4.77. The third-order valence-corrected chi connectivity index (χ3v) is 7.17. The summed E-state index contributed by atoms with van der Waals surface area (Å²) in [5.74, 6) is 1.41. The van der Waals surface area contributed by atoms with Crippen molar-refractivity contribution in [1.82, 2.24) is 9.88 Å². The lowest BCUT2D eigenvalue weighted by Gasteiger charge is -2.32. The first-order valence-electron chi connectivity index (χ1n) is 12.7. The Morgan fingerprint density at radius 2 is 1.83 bits per heavy atom. The maximum Gasteiger partial charge on any atom is 0.222 e. The molecule has 0 atom stereocenters. The standard InChI is InChI=1S/C29H33FN2O3/c1-20-27(19-34-24-13-15-32(16-14-24)28(33)12-9-21-7-8-21)31-26-11-10-23(30)17-25(26)29(20)35-18-22-5-3-2-4-6-22/h2-6,10-11,17,21,24H,7-9,12-16,18-19H2,1H3. The van der Waals surface area contributed by atoms with Crippen molar-refractivity contribution in [2.24, 2.45) is 5.92 Å². The van der Waals surface area contributed by atoms with Crippen molar-refractivity contribution < 1.29 is 18.7 Å². The van der Waals surface area contributed by atoms with Gasteiger partial charge in [0.05, 0.1) is 23.9 Å². The molecule has 2 aromatic carbocycles. The summed E-state index contributed by atoms with van der Waals surface area (Å²) in [6, 6.07) is 14.5. The predicted molar refractivity (Wildman–Crippen MR) is 134 cm³/mol. The summed E-state index contributed by atoms with van der Waals surface area (Å²) in [4.78, 5) is 19.2. The van der Waals surface area contributed by atoms with Crippen LogP contribution in [0.1, 0.15) is 55.3 Å². The predicted octanol–water partition coefficient (Wildman–Crippen LogP) is 5.96. The van der Waals surface area contributed by atoms with Crippen LogP contribution < -0.4 is 4.74 Å². The molecular formula is C29H33FN2O3. The van der Waals surface area contributed by atoms with Gasteiger partial charge in [0.1, 0.15) is 18.2 Å². The molecule has 0 N–H and O–H groups in total. The molecule has 2 heterocycles. The normalized spacial score (nSPS) is 16.6. The molecular weight excluding hydrogens is 443 g/mol. The summed E-state index contributed by atoms with van der Waals surface area (Å²) in [5, 5.41) is 0.667. The number of carbonyl (C=O) groups excluding carboxylic acids is 1. The Bertz CT molecular complexity index is 1170. The minimum atomic E-state index is -0.314. The zero-order valence-corrected chi connectivity index (χ0v) is 20.3. The molecule has 1 aromatic heterocycles. The second-order valence-corrected chi connectivity index (χ2v) is 9.82. The van der Waals surface area contributed by atoms with E-state index in [9.17, 15) is 9.18 Å². The molecule has 0 radical (unpaired) electrons. The van der Waals surface area contributed by atoms with E-state index in [1.165, 1.54) is 25.0 Å². The van der Waals surface area contributed by atoms with Gasteiger partial charge in [-0.05, 0) is 55.9 Å². The Kier molecular flexibility index (Phi) is 7.28. The van der Waals surface area contributed by atoms with Crippen LogP contribution >= 0.6 is 0 Å². The average Bonchev–Trinajstić information content (AvgIpc) is 3.71. The van der Waals surface area contributed by atoms with E-state index in [0.29, 0.717) is 36.3 Å². The minimum absolute atomic E-state index is 0.0984. The van der Waals surface area contributed by atoms with E-state index in [4.69, 9.17) is 14.5 Å². The molecule has 0 spiro atoms. The number of nitrogens with zero attached hydrogens (tertiary/aromatic N) is 2. The topological polar surface area (TPSA) is 51.7 Å². The third-order valence-electron chi connectivity index (χ3n) is 7.17. The molecule has 1 saturated carbocycles. The van der Waals surface area contributed by atoms with Gasteiger partial charge in [-0.25, -0.2) is 9.37 Å². The van der Waals surface area contributed by atoms with Crippen molar-refractivity contribution in [3.63, 3.8) is 0 Å². The summed E-state index contributed by atoms with van der Waals surface area (Å²) in [6.45, 7) is 4.22. The molecule has 1 saturated heterocycles. The number of halogens is 1. The zero-order valence-electron chi connectivity index (χ0n) is 20.3. The summed E-state index contributed by atoms with van der Waals surface area (Å²) < 4.78 is 26.5. The molecule has 0 bridgehead atoms. The van der Waals surface area contributed by atoms with Crippen LogP contribution in [-0.2, 0) is 22.7 Å². The number of hydrogen-bond acceptors (Lipinski definition) is 4. The number of fused-ring (bicyclic) bond motifs is 1. The number of hydrogen-bond donors (Lipinski definition) is 0. The van der Waals surface area contributed by atoms with Crippen LogP contribution in [0.5, 0.6) is 5.75 Å². The molecule has 1 amide bonds. The van der Waals surface area contributed by atoms with Crippen LogP contribution in [0.25, 0.3) is 10.9 Å². The Morgan fingerprint density at radius 3 is 2.57 bits per heavy atom. The Morgan fingerprint density at radius 1 is 1.06 bits per heavy atom. The van der Waals surface area contributed by atoms with Crippen molar-refractivity contribution in [2.45, 2.75) is 64.8 Å². The highest BCUT2D eigenvalue weighted by Crippen LogP contribution is 2.34. The number of likely N-dealkylation sites (tertiary alicyclic amines) is 1. The number of carbonyl (C=O) groups is 1. The van der Waals surface area contributed by atoms with E-state index < -0.39 is 0 Å². The quantitative estimate of drug-likeness (QED) is 0.382. The third kappa shape index (κ3) is 5.99. The Balaban J connectivity index is 1.24. The van der Waals surface area contributed by atoms with Gasteiger partial charge in [0.15, 0.2) is 0 Å². The van der Waals surface area contributed by atoms with Gasteiger partial charge in [-0.2, -0.15) is 0 Å². The van der Waals surface area contributed by atoms with Gasteiger partial charge in [-0.3, -0.25) is 4.79 Å². The molecule has 3 aromatic rings. The van der Waals surface area contributed by atoms with Crippen LogP contribution in [0, 0.1) is 18.7 Å². The molecule has 0 unspecified atom stereocenters. The fraction of sp³-hybridized carbons (Fsp3) is 0.448. The number of rotatable bonds is 9. The van der Waals surface area contributed by atoms with Crippen molar-refractivity contribution in [3.05, 3.63) is 71.2 Å². The second kappa shape index (κ2) is 10.7. The first-order chi connectivity index (χ1) is 17.1. The molecule has 5 nitrogen and oxygen atoms in total. The van der Waals surface area contributed by atoms with Crippen LogP contribution in [0.3, 0.4) is 0 Å². The van der Waals surface area contributed by atoms with E-state index >= 15 is 0 Å². The lowest BCUT2D eigenvalue weighted by atomic mass is 10.1. The maximum absolute atomic E-state index is 14.0. The first-order valence-corrected chi connectivity index (χ1v) is 12.7. The van der Waals surface area contributed by atoms with Crippen molar-refractivity contribution in [1.29, 1.82) is 0 Å². The monoisotopic (exact) mass is 476 g/mol. The van der Waals surface area contributed by atoms with Crippen LogP contribution in [0.15, 0.2) is 48.5 Å². The van der Waals surface area contributed by atoms with Gasteiger partial charge < -0.3 is 14.4 Å². The summed E-state index contributed by atoms with van der Waals surface area (Å²) in [6.07, 6.45) is 6.08. The highest BCUT2D eigenvalue weighted by molar-refractivity contribution is 5.86. The largest absolute Gasteiger partial charge is 0.488 e. The first kappa shape index (κ1) is 23.7. The van der Waals surface area contributed by atoms with Gasteiger partial charge >= 0.3 is 0 Å². The van der Waals surface area contributed by atoms with Gasteiger partial charge in [0.25, 0.3) is 0 Å². The number of ether oxygens (including phenoxy) is 2. The summed E-state index contributed by atoms with van der Waals surface area (Å²) >= 11 is 0. The zero-order chi connectivity index (χ0) is 24.2. The smallest absolute Gasteiger partial charge is 0.222 e. The number of pyridine rings is 1. The Hall–Kier alpha value is -2.99. The number of amides is 1. The highest BCUT2D eigenvalue weighted by atomic mass is 19.1. The van der Waals surface area contributed by atoms with Gasteiger partial charge in [0.2, 0.25) is 5.91 Å². The molecule has 2 fully saturated rings. The SMILES string of the molecule is Cc1c(COC2CCN(C(=O)CCC3CC3)CC2)nc2ccc(F)cc2c1OCc1ccccc1. The lowest BCUT2D eigenvalue weighted by molar-refractivity contribution is -0.134. The Labute approximate surface area is 206 Å². The summed E-state index contributed by atoms with van der Waals surface area (Å²) in [5.41, 5.74) is 3.40. The minimum Gasteiger partial charge on any atom is -0.488 e. The van der Waals surface area contributed by atoms with E-state index in [1.807, 2.05) is 42.2 Å². The van der Waals surface area contributed by atoms with Gasteiger partial charge in [0, 0.05) is 30.5 Å². The molecule has 35 heavy (non-hydrogen) atoms. The highest BCUT2D eigenvalue weighted by Gasteiger charge is 2.26. The van der Waals surface area contributed by atoms with Crippen molar-refractivity contribution in [2.75, 3.05) is 13.1 Å². The molecule has 184 valence electrons. The molecule has 1 aliphatic heterocycles. The number of aromatic nitrogens is 1. The molecule has 1 aliphatic carbocycles. The van der Waals surface area contributed by atoms with Crippen LogP contribution in [0.4, 0.5) is 4.39 Å².